The highest BCUT2D eigenvalue weighted by Gasteiger charge is 2.38. The Bertz CT molecular complexity index is 290. The zero-order valence-electron chi connectivity index (χ0n) is 8.42. The highest BCUT2D eigenvalue weighted by atomic mass is 35.5. The summed E-state index contributed by atoms with van der Waals surface area (Å²) in [7, 11) is 0. The second-order valence-corrected chi connectivity index (χ2v) is 2.62. The van der Waals surface area contributed by atoms with Gasteiger partial charge in [0.1, 0.15) is 0 Å². The largest absolute Gasteiger partial charge is 0.473 e. The second-order valence-electron chi connectivity index (χ2n) is 2.62. The van der Waals surface area contributed by atoms with Crippen molar-refractivity contribution in [1.29, 1.82) is 0 Å². The molecule has 2 N–H and O–H groups in total. The van der Waals surface area contributed by atoms with Crippen LogP contribution in [-0.2, 0) is 14.3 Å². The molecule has 0 aromatic carbocycles. The molecule has 4 nitrogen and oxygen atoms in total. The Morgan fingerprint density at radius 2 is 1.72 bits per heavy atom. The van der Waals surface area contributed by atoms with E-state index >= 15 is 0 Å². The van der Waals surface area contributed by atoms with Gasteiger partial charge in [0.2, 0.25) is 6.23 Å². The van der Waals surface area contributed by atoms with Crippen molar-refractivity contribution in [2.24, 2.45) is 5.73 Å². The van der Waals surface area contributed by atoms with Gasteiger partial charge in [-0.2, -0.15) is 26.3 Å². The van der Waals surface area contributed by atoms with Crippen molar-refractivity contribution in [1.82, 2.24) is 0 Å². The van der Waals surface area contributed by atoms with E-state index in [4.69, 9.17) is 0 Å². The van der Waals surface area contributed by atoms with Gasteiger partial charge < -0.3 is 9.47 Å². The Kier molecular flexibility index (Phi) is 7.80. The maximum atomic E-state index is 11.7. The predicted octanol–water partition coefficient (Wildman–Crippen LogP) is 1.89. The van der Waals surface area contributed by atoms with Crippen LogP contribution in [0.1, 0.15) is 0 Å². The minimum atomic E-state index is -4.85. The molecule has 0 radical (unpaired) electrons. The summed E-state index contributed by atoms with van der Waals surface area (Å²) >= 11 is 0. The first-order valence-corrected chi connectivity index (χ1v) is 3.90. The maximum absolute atomic E-state index is 11.7. The van der Waals surface area contributed by atoms with Crippen molar-refractivity contribution >= 4 is 18.4 Å². The van der Waals surface area contributed by atoms with Crippen molar-refractivity contribution < 1.29 is 40.6 Å². The molecule has 0 spiro atoms. The van der Waals surface area contributed by atoms with Crippen molar-refractivity contribution in [3.05, 3.63) is 12.3 Å². The van der Waals surface area contributed by atoms with Crippen LogP contribution in [0.5, 0.6) is 0 Å². The Balaban J connectivity index is 0. The quantitative estimate of drug-likeness (QED) is 0.283. The van der Waals surface area contributed by atoms with Gasteiger partial charge in [0.05, 0.1) is 12.3 Å². The van der Waals surface area contributed by atoms with Crippen molar-refractivity contribution in [3.63, 3.8) is 0 Å². The van der Waals surface area contributed by atoms with E-state index in [2.05, 4.69) is 15.2 Å². The van der Waals surface area contributed by atoms with Crippen molar-refractivity contribution in [3.8, 4) is 0 Å². The SMILES string of the molecule is Cl.NC(O/C=C/C(=O)OCC(F)(F)F)C(F)(F)F. The molecule has 0 amide bonds. The molecular formula is C7H8ClF6NO3. The fourth-order valence-electron chi connectivity index (χ4n) is 0.458. The maximum Gasteiger partial charge on any atom is 0.439 e. The van der Waals surface area contributed by atoms with Crippen LogP contribution >= 0.6 is 12.4 Å². The molecule has 1 atom stereocenters. The molecule has 0 aromatic rings. The minimum Gasteiger partial charge on any atom is -0.473 e. The van der Waals surface area contributed by atoms with Crippen LogP contribution in [0.15, 0.2) is 12.3 Å². The van der Waals surface area contributed by atoms with Crippen LogP contribution in [-0.4, -0.2) is 31.2 Å². The van der Waals surface area contributed by atoms with Crippen molar-refractivity contribution in [2.45, 2.75) is 18.6 Å². The van der Waals surface area contributed by atoms with E-state index in [0.717, 1.165) is 0 Å². The lowest BCUT2D eigenvalue weighted by molar-refractivity contribution is -0.203. The Morgan fingerprint density at radius 3 is 2.11 bits per heavy atom. The van der Waals surface area contributed by atoms with E-state index in [0.29, 0.717) is 0 Å². The molecule has 1 unspecified atom stereocenters. The molecule has 0 aliphatic carbocycles. The van der Waals surface area contributed by atoms with E-state index in [1.54, 1.807) is 0 Å². The third-order valence-electron chi connectivity index (χ3n) is 1.13. The van der Waals surface area contributed by atoms with Gasteiger partial charge in [0, 0.05) is 0 Å². The van der Waals surface area contributed by atoms with Gasteiger partial charge in [0.15, 0.2) is 6.61 Å². The van der Waals surface area contributed by atoms with Gasteiger partial charge in [0.25, 0.3) is 0 Å². The Labute approximate surface area is 103 Å². The van der Waals surface area contributed by atoms with Crippen LogP contribution < -0.4 is 5.73 Å². The van der Waals surface area contributed by atoms with E-state index in [1.807, 2.05) is 0 Å². The van der Waals surface area contributed by atoms with Gasteiger partial charge in [-0.1, -0.05) is 0 Å². The first-order chi connectivity index (χ1) is 7.52. The smallest absolute Gasteiger partial charge is 0.439 e. The van der Waals surface area contributed by atoms with Gasteiger partial charge >= 0.3 is 18.3 Å². The van der Waals surface area contributed by atoms with Gasteiger partial charge in [-0.3, -0.25) is 5.73 Å². The second kappa shape index (κ2) is 7.31. The zero-order valence-corrected chi connectivity index (χ0v) is 9.23. The average Bonchev–Trinajstić information content (AvgIpc) is 2.12. The number of halogens is 7. The number of hydrogen-bond donors (Lipinski definition) is 1. The molecule has 0 fully saturated rings. The average molecular weight is 304 g/mol. The van der Waals surface area contributed by atoms with Crippen LogP contribution in [0.25, 0.3) is 0 Å². The molecule has 108 valence electrons. The van der Waals surface area contributed by atoms with Crippen LogP contribution in [0.3, 0.4) is 0 Å². The standard InChI is InChI=1S/C7H7F6NO3.ClH/c8-6(9,10)3-17-4(15)1-2-16-5(14)7(11,12)13;/h1-2,5H,3,14H2;1H/b2-1+;. The molecular weight excluding hydrogens is 296 g/mol. The summed E-state index contributed by atoms with van der Waals surface area (Å²) in [6.45, 7) is -1.85. The fraction of sp³-hybridized carbons (Fsp3) is 0.571. The first-order valence-electron chi connectivity index (χ1n) is 3.90. The lowest BCUT2D eigenvalue weighted by Crippen LogP contribution is -2.38. The Morgan fingerprint density at radius 1 is 1.22 bits per heavy atom. The number of hydrogen-bond acceptors (Lipinski definition) is 4. The number of carbonyl (C=O) groups excluding carboxylic acids is 1. The van der Waals surface area contributed by atoms with Crippen molar-refractivity contribution in [2.75, 3.05) is 6.61 Å². The molecule has 0 saturated heterocycles. The predicted molar refractivity (Wildman–Crippen MR) is 48.5 cm³/mol. The van der Waals surface area contributed by atoms with E-state index in [-0.39, 0.29) is 24.7 Å². The van der Waals surface area contributed by atoms with Crippen LogP contribution in [0.4, 0.5) is 26.3 Å². The third-order valence-corrected chi connectivity index (χ3v) is 1.13. The number of rotatable bonds is 4. The van der Waals surface area contributed by atoms with Crippen LogP contribution in [0.2, 0.25) is 0 Å². The Hall–Kier alpha value is -1.16. The first kappa shape index (κ1) is 19.2. The lowest BCUT2D eigenvalue weighted by atomic mass is 10.5. The molecule has 0 saturated carbocycles. The molecule has 18 heavy (non-hydrogen) atoms. The summed E-state index contributed by atoms with van der Waals surface area (Å²) in [5, 5.41) is 0. The highest BCUT2D eigenvalue weighted by Crippen LogP contribution is 2.19. The summed E-state index contributed by atoms with van der Waals surface area (Å²) in [6.07, 6.45) is -11.8. The van der Waals surface area contributed by atoms with Gasteiger partial charge in [-0.05, 0) is 0 Å². The molecule has 0 bridgehead atoms. The lowest BCUT2D eigenvalue weighted by Gasteiger charge is -2.14. The summed E-state index contributed by atoms with van der Waals surface area (Å²) in [5.41, 5.74) is 4.45. The summed E-state index contributed by atoms with van der Waals surface area (Å²) in [5.74, 6) is -1.50. The molecule has 0 aliphatic heterocycles. The topological polar surface area (TPSA) is 61.5 Å². The summed E-state index contributed by atoms with van der Waals surface area (Å²) in [4.78, 5) is 10.5. The highest BCUT2D eigenvalue weighted by molar-refractivity contribution is 5.85. The molecule has 0 rings (SSSR count). The minimum absolute atomic E-state index is 0. The number of nitrogens with two attached hydrogens (primary N) is 1. The van der Waals surface area contributed by atoms with Gasteiger partial charge in [-0.25, -0.2) is 4.79 Å². The van der Waals surface area contributed by atoms with Gasteiger partial charge in [-0.15, -0.1) is 12.4 Å². The molecule has 11 heteroatoms. The number of carbonyl (C=O) groups is 1. The molecule has 0 aliphatic rings. The summed E-state index contributed by atoms with van der Waals surface area (Å²) in [6, 6.07) is 0. The third kappa shape index (κ3) is 10.0. The number of ether oxygens (including phenoxy) is 2. The number of esters is 1. The summed E-state index contributed by atoms with van der Waals surface area (Å²) < 4.78 is 77.2. The normalized spacial score (nSPS) is 13.9. The van der Waals surface area contributed by atoms with Crippen LogP contribution in [0, 0.1) is 0 Å². The zero-order chi connectivity index (χ0) is 13.7. The fourth-order valence-corrected chi connectivity index (χ4v) is 0.458. The number of alkyl halides is 6. The molecule has 0 aromatic heterocycles. The van der Waals surface area contributed by atoms with E-state index in [9.17, 15) is 31.1 Å². The monoisotopic (exact) mass is 303 g/mol. The molecule has 0 heterocycles. The van der Waals surface area contributed by atoms with E-state index < -0.39 is 31.2 Å². The van der Waals surface area contributed by atoms with E-state index in [1.165, 1.54) is 0 Å².